The van der Waals surface area contributed by atoms with Crippen LogP contribution < -0.4 is 10.0 Å². The number of halogens is 1. The molecule has 2 N–H and O–H groups in total. The zero-order valence-corrected chi connectivity index (χ0v) is 12.1. The first kappa shape index (κ1) is 14.9. The van der Waals surface area contributed by atoms with Crippen LogP contribution in [0, 0.1) is 12.7 Å². The second-order valence-electron chi connectivity index (χ2n) is 5.04. The van der Waals surface area contributed by atoms with Gasteiger partial charge >= 0.3 is 0 Å². The van der Waals surface area contributed by atoms with Crippen LogP contribution in [0.3, 0.4) is 0 Å². The molecule has 1 atom stereocenters. The number of aryl methyl sites for hydroxylation is 1. The van der Waals surface area contributed by atoms with Gasteiger partial charge in [-0.15, -0.1) is 0 Å². The van der Waals surface area contributed by atoms with Crippen LogP contribution in [0.25, 0.3) is 0 Å². The fourth-order valence-electron chi connectivity index (χ4n) is 1.82. The molecule has 1 amide bonds. The van der Waals surface area contributed by atoms with Crippen LogP contribution in [0.2, 0.25) is 0 Å². The maximum absolute atomic E-state index is 13.0. The molecule has 1 aliphatic carbocycles. The van der Waals surface area contributed by atoms with Gasteiger partial charge in [0.2, 0.25) is 15.9 Å². The number of carbonyl (C=O) groups is 1. The monoisotopic (exact) mass is 300 g/mol. The Hall–Kier alpha value is -1.47. The minimum absolute atomic E-state index is 0.0232. The molecule has 20 heavy (non-hydrogen) atoms. The predicted octanol–water partition coefficient (Wildman–Crippen LogP) is 1.08. The molecule has 0 heterocycles. The van der Waals surface area contributed by atoms with Gasteiger partial charge in [0.1, 0.15) is 5.82 Å². The summed E-state index contributed by atoms with van der Waals surface area (Å²) in [6.45, 7) is 2.99. The number of hydrogen-bond donors (Lipinski definition) is 2. The highest BCUT2D eigenvalue weighted by atomic mass is 32.2. The molecule has 0 radical (unpaired) electrons. The van der Waals surface area contributed by atoms with Crippen LogP contribution in [0.15, 0.2) is 23.1 Å². The van der Waals surface area contributed by atoms with Gasteiger partial charge in [0.25, 0.3) is 0 Å². The number of benzene rings is 1. The predicted molar refractivity (Wildman–Crippen MR) is 72.1 cm³/mol. The number of rotatable bonds is 5. The highest BCUT2D eigenvalue weighted by Crippen LogP contribution is 2.19. The molecule has 1 aliphatic rings. The molecular formula is C13H17FN2O3S. The Morgan fingerprint density at radius 1 is 1.40 bits per heavy atom. The first-order valence-electron chi connectivity index (χ1n) is 6.38. The van der Waals surface area contributed by atoms with E-state index in [1.165, 1.54) is 19.9 Å². The summed E-state index contributed by atoms with van der Waals surface area (Å²) in [5.41, 5.74) is 0.298. The average molecular weight is 300 g/mol. The molecule has 0 spiro atoms. The Balaban J connectivity index is 2.11. The van der Waals surface area contributed by atoms with Crippen molar-refractivity contribution in [1.82, 2.24) is 10.0 Å². The van der Waals surface area contributed by atoms with E-state index in [9.17, 15) is 17.6 Å². The van der Waals surface area contributed by atoms with Crippen LogP contribution in [0.4, 0.5) is 4.39 Å². The van der Waals surface area contributed by atoms with E-state index in [1.807, 2.05) is 0 Å². The number of sulfonamides is 1. The Kier molecular flexibility index (Phi) is 4.10. The van der Waals surface area contributed by atoms with Gasteiger partial charge in [-0.25, -0.2) is 12.8 Å². The van der Waals surface area contributed by atoms with Crippen LogP contribution in [0.5, 0.6) is 0 Å². The first-order chi connectivity index (χ1) is 9.29. The highest BCUT2D eigenvalue weighted by Gasteiger charge is 2.28. The largest absolute Gasteiger partial charge is 0.352 e. The van der Waals surface area contributed by atoms with Gasteiger partial charge in [-0.2, -0.15) is 4.72 Å². The summed E-state index contributed by atoms with van der Waals surface area (Å²) >= 11 is 0. The van der Waals surface area contributed by atoms with E-state index >= 15 is 0 Å². The van der Waals surface area contributed by atoms with Crippen LogP contribution in [-0.2, 0) is 14.8 Å². The molecule has 5 nitrogen and oxygen atoms in total. The molecule has 0 aliphatic heterocycles. The molecule has 0 saturated heterocycles. The van der Waals surface area contributed by atoms with Gasteiger partial charge in [0, 0.05) is 6.04 Å². The summed E-state index contributed by atoms with van der Waals surface area (Å²) in [5, 5.41) is 2.73. The van der Waals surface area contributed by atoms with E-state index in [0.29, 0.717) is 5.56 Å². The number of carbonyl (C=O) groups excluding carboxylic acids is 1. The van der Waals surface area contributed by atoms with E-state index in [0.717, 1.165) is 25.0 Å². The van der Waals surface area contributed by atoms with Gasteiger partial charge in [-0.1, -0.05) is 0 Å². The van der Waals surface area contributed by atoms with Crippen molar-refractivity contribution < 1.29 is 17.6 Å². The molecule has 1 unspecified atom stereocenters. The normalized spacial score (nSPS) is 16.8. The molecule has 7 heteroatoms. The van der Waals surface area contributed by atoms with Crippen molar-refractivity contribution in [2.45, 2.75) is 43.7 Å². The lowest BCUT2D eigenvalue weighted by Gasteiger charge is -2.15. The number of amides is 1. The Morgan fingerprint density at radius 3 is 2.60 bits per heavy atom. The lowest BCUT2D eigenvalue weighted by molar-refractivity contribution is -0.122. The quantitative estimate of drug-likeness (QED) is 0.854. The summed E-state index contributed by atoms with van der Waals surface area (Å²) in [4.78, 5) is 11.7. The van der Waals surface area contributed by atoms with Crippen molar-refractivity contribution in [2.75, 3.05) is 0 Å². The molecule has 0 bridgehead atoms. The second-order valence-corrected chi connectivity index (χ2v) is 6.72. The fourth-order valence-corrected chi connectivity index (χ4v) is 3.25. The standard InChI is InChI=1S/C13H17FN2O3S/c1-8-7-10(14)3-6-12(8)20(18,19)16-9(2)13(17)15-11-4-5-11/h3,6-7,9,11,16H,4-5H2,1-2H3,(H,15,17). The van der Waals surface area contributed by atoms with Crippen molar-refractivity contribution in [2.24, 2.45) is 0 Å². The average Bonchev–Trinajstić information content (AvgIpc) is 3.11. The summed E-state index contributed by atoms with van der Waals surface area (Å²) in [6.07, 6.45) is 1.87. The van der Waals surface area contributed by atoms with Gasteiger partial charge in [-0.05, 0) is 50.5 Å². The molecule has 1 fully saturated rings. The molecule has 1 saturated carbocycles. The zero-order valence-electron chi connectivity index (χ0n) is 11.3. The van der Waals surface area contributed by atoms with E-state index in [1.54, 1.807) is 0 Å². The zero-order chi connectivity index (χ0) is 14.9. The van der Waals surface area contributed by atoms with Crippen molar-refractivity contribution in [3.63, 3.8) is 0 Å². The lowest BCUT2D eigenvalue weighted by atomic mass is 10.2. The minimum Gasteiger partial charge on any atom is -0.352 e. The third-order valence-corrected chi connectivity index (χ3v) is 4.78. The first-order valence-corrected chi connectivity index (χ1v) is 7.87. The number of nitrogens with one attached hydrogen (secondary N) is 2. The van der Waals surface area contributed by atoms with Gasteiger partial charge in [0.05, 0.1) is 10.9 Å². The molecule has 1 aromatic carbocycles. The molecule has 1 aromatic rings. The van der Waals surface area contributed by atoms with E-state index in [-0.39, 0.29) is 16.8 Å². The summed E-state index contributed by atoms with van der Waals surface area (Å²) in [7, 11) is -3.84. The van der Waals surface area contributed by atoms with Gasteiger partial charge < -0.3 is 5.32 Å². The Morgan fingerprint density at radius 2 is 2.05 bits per heavy atom. The van der Waals surface area contributed by atoms with Crippen molar-refractivity contribution >= 4 is 15.9 Å². The smallest absolute Gasteiger partial charge is 0.241 e. The van der Waals surface area contributed by atoms with Gasteiger partial charge in [-0.3, -0.25) is 4.79 Å². The molecule has 110 valence electrons. The third-order valence-electron chi connectivity index (χ3n) is 3.08. The Bertz CT molecular complexity index is 627. The summed E-state index contributed by atoms with van der Waals surface area (Å²) in [5.74, 6) is -0.850. The highest BCUT2D eigenvalue weighted by molar-refractivity contribution is 7.89. The van der Waals surface area contributed by atoms with Crippen molar-refractivity contribution in [1.29, 1.82) is 0 Å². The Labute approximate surface area is 117 Å². The van der Waals surface area contributed by atoms with E-state index < -0.39 is 21.9 Å². The van der Waals surface area contributed by atoms with Crippen LogP contribution in [-0.4, -0.2) is 26.4 Å². The van der Waals surface area contributed by atoms with Crippen molar-refractivity contribution in [3.05, 3.63) is 29.6 Å². The number of hydrogen-bond acceptors (Lipinski definition) is 3. The lowest BCUT2D eigenvalue weighted by Crippen LogP contribution is -2.45. The third kappa shape index (κ3) is 3.55. The summed E-state index contributed by atoms with van der Waals surface area (Å²) < 4.78 is 39.6. The maximum Gasteiger partial charge on any atom is 0.241 e. The fraction of sp³-hybridized carbons (Fsp3) is 0.462. The minimum atomic E-state index is -3.84. The van der Waals surface area contributed by atoms with Crippen LogP contribution in [0.1, 0.15) is 25.3 Å². The van der Waals surface area contributed by atoms with Crippen LogP contribution >= 0.6 is 0 Å². The molecular weight excluding hydrogens is 283 g/mol. The molecule has 2 rings (SSSR count). The maximum atomic E-state index is 13.0. The molecule has 0 aromatic heterocycles. The van der Waals surface area contributed by atoms with E-state index in [2.05, 4.69) is 10.0 Å². The van der Waals surface area contributed by atoms with E-state index in [4.69, 9.17) is 0 Å². The van der Waals surface area contributed by atoms with Crippen molar-refractivity contribution in [3.8, 4) is 0 Å². The second kappa shape index (κ2) is 5.49. The van der Waals surface area contributed by atoms with Gasteiger partial charge in [0.15, 0.2) is 0 Å². The SMILES string of the molecule is Cc1cc(F)ccc1S(=O)(=O)NC(C)C(=O)NC1CC1. The topological polar surface area (TPSA) is 75.3 Å². The summed E-state index contributed by atoms with van der Waals surface area (Å²) in [6, 6.07) is 2.71.